The van der Waals surface area contributed by atoms with Gasteiger partial charge in [-0.25, -0.2) is 0 Å². The van der Waals surface area contributed by atoms with E-state index in [4.69, 9.17) is 5.73 Å². The highest BCUT2D eigenvalue weighted by Crippen LogP contribution is 2.21. The van der Waals surface area contributed by atoms with Crippen LogP contribution in [0.25, 0.3) is 0 Å². The molecule has 1 rings (SSSR count). The summed E-state index contributed by atoms with van der Waals surface area (Å²) < 4.78 is 0. The Morgan fingerprint density at radius 2 is 2.00 bits per heavy atom. The Hall–Kier alpha value is -1.51. The van der Waals surface area contributed by atoms with Gasteiger partial charge >= 0.3 is 0 Å². The van der Waals surface area contributed by atoms with Gasteiger partial charge in [0.25, 0.3) is 0 Å². The Morgan fingerprint density at radius 1 is 1.36 bits per heavy atom. The van der Waals surface area contributed by atoms with Gasteiger partial charge in [-0.2, -0.15) is 0 Å². The van der Waals surface area contributed by atoms with Gasteiger partial charge in [0, 0.05) is 19.8 Å². The highest BCUT2D eigenvalue weighted by atomic mass is 15.2. The first kappa shape index (κ1) is 10.6. The van der Waals surface area contributed by atoms with E-state index in [9.17, 15) is 0 Å². The van der Waals surface area contributed by atoms with E-state index in [2.05, 4.69) is 24.9 Å². The van der Waals surface area contributed by atoms with Gasteiger partial charge in [0.1, 0.15) is 0 Å². The second-order valence-electron chi connectivity index (χ2n) is 3.36. The summed E-state index contributed by atoms with van der Waals surface area (Å²) in [6.07, 6.45) is 0. The van der Waals surface area contributed by atoms with Crippen molar-refractivity contribution < 1.29 is 0 Å². The Kier molecular flexibility index (Phi) is 3.12. The fraction of sp³-hybridized carbons (Fsp3) is 0.364. The van der Waals surface area contributed by atoms with E-state index in [0.29, 0.717) is 5.96 Å². The van der Waals surface area contributed by atoms with Crippen molar-refractivity contribution in [2.45, 2.75) is 13.8 Å². The van der Waals surface area contributed by atoms with Crippen LogP contribution in [-0.2, 0) is 0 Å². The molecule has 1 aromatic carbocycles. The minimum atomic E-state index is 0.527. The Bertz CT molecular complexity index is 356. The van der Waals surface area contributed by atoms with Crippen molar-refractivity contribution in [2.24, 2.45) is 10.7 Å². The zero-order valence-electron chi connectivity index (χ0n) is 9.20. The molecule has 0 saturated carbocycles. The molecule has 0 radical (unpaired) electrons. The molecule has 0 spiro atoms. The van der Waals surface area contributed by atoms with Crippen molar-refractivity contribution in [1.29, 1.82) is 0 Å². The molecule has 0 aliphatic heterocycles. The average Bonchev–Trinajstić information content (AvgIpc) is 2.20. The van der Waals surface area contributed by atoms with Gasteiger partial charge in [-0.15, -0.1) is 0 Å². The molecule has 0 unspecified atom stereocenters. The van der Waals surface area contributed by atoms with Crippen LogP contribution in [-0.4, -0.2) is 20.1 Å². The molecule has 2 N–H and O–H groups in total. The first-order valence-electron chi connectivity index (χ1n) is 4.60. The van der Waals surface area contributed by atoms with Crippen LogP contribution in [0.15, 0.2) is 23.2 Å². The summed E-state index contributed by atoms with van der Waals surface area (Å²) in [5.41, 5.74) is 9.35. The highest BCUT2D eigenvalue weighted by molar-refractivity contribution is 5.95. The van der Waals surface area contributed by atoms with Crippen LogP contribution in [0.3, 0.4) is 0 Å². The van der Waals surface area contributed by atoms with Gasteiger partial charge in [0.2, 0.25) is 0 Å². The topological polar surface area (TPSA) is 41.6 Å². The lowest BCUT2D eigenvalue weighted by Crippen LogP contribution is -2.34. The number of guanidine groups is 1. The van der Waals surface area contributed by atoms with Crippen LogP contribution in [0.2, 0.25) is 0 Å². The van der Waals surface area contributed by atoms with Gasteiger partial charge in [-0.05, 0) is 31.0 Å². The number of nitrogens with two attached hydrogens (primary N) is 1. The SMILES string of the molecule is CN=C(N)N(C)c1cccc(C)c1C. The molecule has 76 valence electrons. The summed E-state index contributed by atoms with van der Waals surface area (Å²) in [7, 11) is 3.61. The number of benzene rings is 1. The lowest BCUT2D eigenvalue weighted by atomic mass is 10.1. The fourth-order valence-electron chi connectivity index (χ4n) is 1.37. The monoisotopic (exact) mass is 191 g/mol. The fourth-order valence-corrected chi connectivity index (χ4v) is 1.37. The van der Waals surface area contributed by atoms with Crippen molar-refractivity contribution in [2.75, 3.05) is 19.0 Å². The molecule has 0 saturated heterocycles. The van der Waals surface area contributed by atoms with Crippen molar-refractivity contribution in [3.05, 3.63) is 29.3 Å². The third-order valence-corrected chi connectivity index (χ3v) is 2.51. The maximum Gasteiger partial charge on any atom is 0.195 e. The summed E-state index contributed by atoms with van der Waals surface area (Å²) in [6, 6.07) is 6.16. The number of aryl methyl sites for hydroxylation is 1. The molecule has 0 heterocycles. The number of nitrogens with zero attached hydrogens (tertiary/aromatic N) is 2. The molecule has 0 atom stereocenters. The van der Waals surface area contributed by atoms with Gasteiger partial charge < -0.3 is 10.6 Å². The van der Waals surface area contributed by atoms with E-state index >= 15 is 0 Å². The largest absolute Gasteiger partial charge is 0.370 e. The van der Waals surface area contributed by atoms with Gasteiger partial charge in [-0.1, -0.05) is 12.1 Å². The third-order valence-electron chi connectivity index (χ3n) is 2.51. The van der Waals surface area contributed by atoms with E-state index in [-0.39, 0.29) is 0 Å². The van der Waals surface area contributed by atoms with Crippen LogP contribution >= 0.6 is 0 Å². The zero-order chi connectivity index (χ0) is 10.7. The van der Waals surface area contributed by atoms with Crippen molar-refractivity contribution in [1.82, 2.24) is 0 Å². The molecule has 1 aromatic rings. The zero-order valence-corrected chi connectivity index (χ0v) is 9.20. The molecule has 0 aliphatic rings. The average molecular weight is 191 g/mol. The number of hydrogen-bond donors (Lipinski definition) is 1. The van der Waals surface area contributed by atoms with Gasteiger partial charge in [-0.3, -0.25) is 4.99 Å². The quantitative estimate of drug-likeness (QED) is 0.542. The molecule has 3 heteroatoms. The lowest BCUT2D eigenvalue weighted by molar-refractivity contribution is 1.17. The van der Waals surface area contributed by atoms with Crippen LogP contribution in [0, 0.1) is 13.8 Å². The second kappa shape index (κ2) is 4.13. The summed E-state index contributed by atoms with van der Waals surface area (Å²) in [4.78, 5) is 5.85. The molecule has 3 nitrogen and oxygen atoms in total. The molecule has 0 fully saturated rings. The van der Waals surface area contributed by atoms with E-state index < -0.39 is 0 Å². The summed E-state index contributed by atoms with van der Waals surface area (Å²) in [5.74, 6) is 0.527. The number of anilines is 1. The van der Waals surface area contributed by atoms with Crippen molar-refractivity contribution >= 4 is 11.6 Å². The Morgan fingerprint density at radius 3 is 2.57 bits per heavy atom. The second-order valence-corrected chi connectivity index (χ2v) is 3.36. The first-order chi connectivity index (χ1) is 6.57. The first-order valence-corrected chi connectivity index (χ1v) is 4.60. The maximum absolute atomic E-state index is 5.74. The predicted octanol–water partition coefficient (Wildman–Crippen LogP) is 1.68. The minimum Gasteiger partial charge on any atom is -0.370 e. The molecule has 0 aliphatic carbocycles. The molecule has 0 bridgehead atoms. The molecule has 14 heavy (non-hydrogen) atoms. The summed E-state index contributed by atoms with van der Waals surface area (Å²) in [5, 5.41) is 0. The van der Waals surface area contributed by atoms with E-state index in [1.807, 2.05) is 24.1 Å². The number of aliphatic imine (C=N–C) groups is 1. The Balaban J connectivity index is 3.13. The van der Waals surface area contributed by atoms with E-state index in [1.54, 1.807) is 7.05 Å². The van der Waals surface area contributed by atoms with Crippen molar-refractivity contribution in [3.63, 3.8) is 0 Å². The summed E-state index contributed by atoms with van der Waals surface area (Å²) in [6.45, 7) is 4.18. The standard InChI is InChI=1S/C11H17N3/c1-8-6-5-7-10(9(8)2)14(4)11(12)13-3/h5-7H,1-4H3,(H2,12,13). The van der Waals surface area contributed by atoms with Crippen LogP contribution < -0.4 is 10.6 Å². The van der Waals surface area contributed by atoms with Crippen molar-refractivity contribution in [3.8, 4) is 0 Å². The highest BCUT2D eigenvalue weighted by Gasteiger charge is 2.07. The predicted molar refractivity (Wildman–Crippen MR) is 61.9 cm³/mol. The lowest BCUT2D eigenvalue weighted by Gasteiger charge is -2.20. The van der Waals surface area contributed by atoms with Gasteiger partial charge in [0.05, 0.1) is 0 Å². The molecular formula is C11H17N3. The minimum absolute atomic E-state index is 0.527. The van der Waals surface area contributed by atoms with Crippen LogP contribution in [0.1, 0.15) is 11.1 Å². The normalized spacial score (nSPS) is 11.6. The molecule has 0 amide bonds. The molecule has 0 aromatic heterocycles. The molecular weight excluding hydrogens is 174 g/mol. The van der Waals surface area contributed by atoms with Crippen LogP contribution in [0.4, 0.5) is 5.69 Å². The number of rotatable bonds is 1. The van der Waals surface area contributed by atoms with Gasteiger partial charge in [0.15, 0.2) is 5.96 Å². The smallest absolute Gasteiger partial charge is 0.195 e. The maximum atomic E-state index is 5.74. The summed E-state index contributed by atoms with van der Waals surface area (Å²) >= 11 is 0. The van der Waals surface area contributed by atoms with E-state index in [0.717, 1.165) is 5.69 Å². The Labute approximate surface area is 85.3 Å². The third kappa shape index (κ3) is 1.87. The van der Waals surface area contributed by atoms with Crippen LogP contribution in [0.5, 0.6) is 0 Å². The van der Waals surface area contributed by atoms with E-state index in [1.165, 1.54) is 11.1 Å². The number of hydrogen-bond acceptors (Lipinski definition) is 1.